The van der Waals surface area contributed by atoms with Gasteiger partial charge in [-0.15, -0.1) is 11.3 Å². The Bertz CT molecular complexity index is 977. The SMILES string of the molecule is CNC(=O)c1cc(S(=O)(=O)N(C)[C@@H]2CCCN(C3Cc4ccccc4C3)C2)cs1. The van der Waals surface area contributed by atoms with Crippen LogP contribution in [0.3, 0.4) is 0 Å². The van der Waals surface area contributed by atoms with E-state index in [1.54, 1.807) is 19.5 Å². The van der Waals surface area contributed by atoms with Gasteiger partial charge in [-0.05, 0) is 49.4 Å². The molecule has 1 fully saturated rings. The van der Waals surface area contributed by atoms with Crippen LogP contribution in [-0.2, 0) is 22.9 Å². The van der Waals surface area contributed by atoms with E-state index in [4.69, 9.17) is 0 Å². The van der Waals surface area contributed by atoms with Crippen LogP contribution in [0.2, 0.25) is 0 Å². The molecule has 1 aliphatic heterocycles. The molecule has 156 valence electrons. The number of likely N-dealkylation sites (N-methyl/N-ethyl adjacent to an activating group) is 1. The molecule has 0 radical (unpaired) electrons. The van der Waals surface area contributed by atoms with E-state index in [1.807, 2.05) is 0 Å². The number of carbonyl (C=O) groups excluding carboxylic acids is 1. The van der Waals surface area contributed by atoms with Crippen LogP contribution in [0.1, 0.15) is 33.6 Å². The zero-order valence-electron chi connectivity index (χ0n) is 16.8. The van der Waals surface area contributed by atoms with Gasteiger partial charge < -0.3 is 5.32 Å². The molecule has 0 unspecified atom stereocenters. The third kappa shape index (κ3) is 3.99. The third-order valence-electron chi connectivity index (χ3n) is 6.19. The Hall–Kier alpha value is -1.74. The fourth-order valence-corrected chi connectivity index (χ4v) is 7.05. The maximum Gasteiger partial charge on any atom is 0.261 e. The van der Waals surface area contributed by atoms with Gasteiger partial charge in [-0.1, -0.05) is 24.3 Å². The molecule has 1 amide bonds. The van der Waals surface area contributed by atoms with Gasteiger partial charge in [0.25, 0.3) is 5.91 Å². The third-order valence-corrected chi connectivity index (χ3v) is 9.16. The minimum atomic E-state index is -3.62. The Morgan fingerprint density at radius 2 is 1.93 bits per heavy atom. The number of thiophene rings is 1. The summed E-state index contributed by atoms with van der Waals surface area (Å²) in [6.07, 6.45) is 3.93. The molecule has 1 aromatic carbocycles. The summed E-state index contributed by atoms with van der Waals surface area (Å²) < 4.78 is 27.8. The molecule has 1 atom stereocenters. The highest BCUT2D eigenvalue weighted by Gasteiger charge is 2.35. The Kier molecular flexibility index (Phi) is 5.79. The van der Waals surface area contributed by atoms with E-state index in [0.717, 1.165) is 50.1 Å². The number of likely N-dealkylation sites (tertiary alicyclic amines) is 1. The number of fused-ring (bicyclic) bond motifs is 1. The summed E-state index contributed by atoms with van der Waals surface area (Å²) in [7, 11) is -0.410. The van der Waals surface area contributed by atoms with Crippen LogP contribution in [-0.4, -0.2) is 62.8 Å². The van der Waals surface area contributed by atoms with Gasteiger partial charge >= 0.3 is 0 Å². The number of nitrogens with one attached hydrogen (secondary N) is 1. The lowest BCUT2D eigenvalue weighted by molar-refractivity contribution is 0.0967. The average Bonchev–Trinajstić information content (AvgIpc) is 3.40. The van der Waals surface area contributed by atoms with Gasteiger partial charge in [-0.3, -0.25) is 9.69 Å². The number of carbonyl (C=O) groups is 1. The van der Waals surface area contributed by atoms with Crippen molar-refractivity contribution in [2.45, 2.75) is 42.7 Å². The summed E-state index contributed by atoms with van der Waals surface area (Å²) in [6, 6.07) is 10.5. The standard InChI is InChI=1S/C21H27N3O3S2/c1-22-21(25)20-12-19(14-28-20)29(26,27)23(2)17-8-5-9-24(13-17)18-10-15-6-3-4-7-16(15)11-18/h3-4,6-7,12,14,17-18H,5,8-11,13H2,1-2H3,(H,22,25)/t17-/m1/s1. The summed E-state index contributed by atoms with van der Waals surface area (Å²) >= 11 is 1.16. The number of hydrogen-bond acceptors (Lipinski definition) is 5. The lowest BCUT2D eigenvalue weighted by Crippen LogP contribution is -2.51. The number of hydrogen-bond donors (Lipinski definition) is 1. The first kappa shape index (κ1) is 20.5. The predicted octanol–water partition coefficient (Wildman–Crippen LogP) is 2.36. The van der Waals surface area contributed by atoms with Crippen molar-refractivity contribution in [2.75, 3.05) is 27.2 Å². The van der Waals surface area contributed by atoms with Crippen molar-refractivity contribution < 1.29 is 13.2 Å². The number of nitrogens with zero attached hydrogens (tertiary/aromatic N) is 2. The fourth-order valence-electron chi connectivity index (χ4n) is 4.46. The van der Waals surface area contributed by atoms with Gasteiger partial charge in [0.1, 0.15) is 0 Å². The molecule has 8 heteroatoms. The fraction of sp³-hybridized carbons (Fsp3) is 0.476. The second-order valence-corrected chi connectivity index (χ2v) is 10.8. The van der Waals surface area contributed by atoms with Crippen LogP contribution in [0.25, 0.3) is 0 Å². The van der Waals surface area contributed by atoms with E-state index in [-0.39, 0.29) is 16.8 Å². The van der Waals surface area contributed by atoms with Gasteiger partial charge in [0, 0.05) is 38.1 Å². The van der Waals surface area contributed by atoms with E-state index in [2.05, 4.69) is 34.5 Å². The number of benzene rings is 1. The highest BCUT2D eigenvalue weighted by molar-refractivity contribution is 7.89. The molecular weight excluding hydrogens is 406 g/mol. The van der Waals surface area contributed by atoms with Crippen molar-refractivity contribution in [2.24, 2.45) is 0 Å². The minimum Gasteiger partial charge on any atom is -0.354 e. The molecular formula is C21H27N3O3S2. The quantitative estimate of drug-likeness (QED) is 0.786. The maximum absolute atomic E-state index is 13.1. The van der Waals surface area contributed by atoms with Crippen molar-refractivity contribution >= 4 is 27.3 Å². The minimum absolute atomic E-state index is 0.0548. The summed E-state index contributed by atoms with van der Waals surface area (Å²) in [4.78, 5) is 14.9. The molecule has 6 nitrogen and oxygen atoms in total. The van der Waals surface area contributed by atoms with Crippen molar-refractivity contribution in [3.05, 3.63) is 51.7 Å². The lowest BCUT2D eigenvalue weighted by atomic mass is 10.0. The Balaban J connectivity index is 1.46. The Morgan fingerprint density at radius 1 is 1.24 bits per heavy atom. The predicted molar refractivity (Wildman–Crippen MR) is 115 cm³/mol. The van der Waals surface area contributed by atoms with Gasteiger partial charge in [-0.2, -0.15) is 4.31 Å². The molecule has 0 spiro atoms. The largest absolute Gasteiger partial charge is 0.354 e. The molecule has 1 saturated heterocycles. The zero-order valence-corrected chi connectivity index (χ0v) is 18.4. The maximum atomic E-state index is 13.1. The second-order valence-electron chi connectivity index (χ2n) is 7.87. The molecule has 2 heterocycles. The van der Waals surface area contributed by atoms with Crippen LogP contribution in [0.5, 0.6) is 0 Å². The number of amides is 1. The van der Waals surface area contributed by atoms with E-state index in [1.165, 1.54) is 21.5 Å². The molecule has 2 aromatic rings. The number of sulfonamides is 1. The summed E-state index contributed by atoms with van der Waals surface area (Å²) in [5.41, 5.74) is 2.83. The number of piperidine rings is 1. The van der Waals surface area contributed by atoms with E-state index < -0.39 is 10.0 Å². The van der Waals surface area contributed by atoms with E-state index >= 15 is 0 Å². The molecule has 29 heavy (non-hydrogen) atoms. The molecule has 0 saturated carbocycles. The number of rotatable bonds is 5. The monoisotopic (exact) mass is 433 g/mol. The van der Waals surface area contributed by atoms with Crippen LogP contribution >= 0.6 is 11.3 Å². The van der Waals surface area contributed by atoms with E-state index in [9.17, 15) is 13.2 Å². The van der Waals surface area contributed by atoms with Gasteiger partial charge in [-0.25, -0.2) is 8.42 Å². The van der Waals surface area contributed by atoms with Crippen molar-refractivity contribution in [3.63, 3.8) is 0 Å². The van der Waals surface area contributed by atoms with Crippen LogP contribution < -0.4 is 5.32 Å². The van der Waals surface area contributed by atoms with Crippen molar-refractivity contribution in [1.29, 1.82) is 0 Å². The van der Waals surface area contributed by atoms with Crippen LogP contribution in [0, 0.1) is 0 Å². The second kappa shape index (κ2) is 8.18. The van der Waals surface area contributed by atoms with Gasteiger partial charge in [0.15, 0.2) is 0 Å². The molecule has 4 rings (SSSR count). The first-order chi connectivity index (χ1) is 13.9. The zero-order chi connectivity index (χ0) is 20.6. The first-order valence-corrected chi connectivity index (χ1v) is 12.3. The Morgan fingerprint density at radius 3 is 2.59 bits per heavy atom. The molecule has 1 aliphatic carbocycles. The average molecular weight is 434 g/mol. The normalized spacial score (nSPS) is 20.7. The summed E-state index contributed by atoms with van der Waals surface area (Å²) in [6.45, 7) is 1.77. The van der Waals surface area contributed by atoms with Crippen molar-refractivity contribution in [3.8, 4) is 0 Å². The topological polar surface area (TPSA) is 69.7 Å². The summed E-state index contributed by atoms with van der Waals surface area (Å²) in [5.74, 6) is -0.260. The van der Waals surface area contributed by atoms with Gasteiger partial charge in [0.05, 0.1) is 9.77 Å². The highest BCUT2D eigenvalue weighted by atomic mass is 32.2. The molecule has 1 aromatic heterocycles. The molecule has 2 aliphatic rings. The summed E-state index contributed by atoms with van der Waals surface area (Å²) in [5, 5.41) is 4.10. The smallest absolute Gasteiger partial charge is 0.261 e. The van der Waals surface area contributed by atoms with E-state index in [0.29, 0.717) is 10.9 Å². The first-order valence-electron chi connectivity index (χ1n) is 9.99. The van der Waals surface area contributed by atoms with Gasteiger partial charge in [0.2, 0.25) is 10.0 Å². The lowest BCUT2D eigenvalue weighted by Gasteiger charge is -2.39. The Labute approximate surface area is 176 Å². The van der Waals surface area contributed by atoms with Crippen molar-refractivity contribution in [1.82, 2.24) is 14.5 Å². The molecule has 1 N–H and O–H groups in total. The van der Waals surface area contributed by atoms with Crippen LogP contribution in [0.15, 0.2) is 40.6 Å². The van der Waals surface area contributed by atoms with Crippen LogP contribution in [0.4, 0.5) is 0 Å². The highest BCUT2D eigenvalue weighted by Crippen LogP contribution is 2.30. The molecule has 0 bridgehead atoms.